The molecule has 0 spiro atoms. The highest BCUT2D eigenvalue weighted by molar-refractivity contribution is 6.60. The Kier molecular flexibility index (Phi) is 7.25. The average Bonchev–Trinajstić information content (AvgIpc) is 1.86. The first-order valence-electron chi connectivity index (χ1n) is 4.50. The summed E-state index contributed by atoms with van der Waals surface area (Å²) in [6.45, 7) is 6.39. The van der Waals surface area contributed by atoms with Crippen LogP contribution < -0.4 is 0 Å². The van der Waals surface area contributed by atoms with Crippen LogP contribution in [0.4, 0.5) is 0 Å². The zero-order valence-corrected chi connectivity index (χ0v) is 10.1. The molecule has 0 aromatic rings. The van der Waals surface area contributed by atoms with Crippen LogP contribution in [0, 0.1) is 0 Å². The minimum Gasteiger partial charge on any atom is -0.441 e. The minimum atomic E-state index is -1.73. The van der Waals surface area contributed by atoms with Crippen LogP contribution in [0.2, 0.25) is 19.1 Å². The van der Waals surface area contributed by atoms with Crippen molar-refractivity contribution in [2.75, 3.05) is 0 Å². The van der Waals surface area contributed by atoms with Crippen molar-refractivity contribution in [1.82, 2.24) is 0 Å². The van der Waals surface area contributed by atoms with Gasteiger partial charge in [0.15, 0.2) is 9.04 Å². The lowest BCUT2D eigenvalue weighted by Crippen LogP contribution is -2.24. The fourth-order valence-electron chi connectivity index (χ4n) is 0.951. The third kappa shape index (κ3) is 8.26. The van der Waals surface area contributed by atoms with E-state index in [9.17, 15) is 4.80 Å². The van der Waals surface area contributed by atoms with E-state index in [4.69, 9.17) is 4.12 Å². The van der Waals surface area contributed by atoms with E-state index in [1.54, 1.807) is 0 Å². The van der Waals surface area contributed by atoms with Crippen LogP contribution in [0.15, 0.2) is 0 Å². The molecule has 1 N–H and O–H groups in total. The molecule has 0 bridgehead atoms. The minimum absolute atomic E-state index is 0.943. The van der Waals surface area contributed by atoms with Gasteiger partial charge in [0.2, 0.25) is 0 Å². The van der Waals surface area contributed by atoms with Crippen LogP contribution in [-0.2, 0) is 4.12 Å². The zero-order chi connectivity index (χ0) is 8.69. The van der Waals surface area contributed by atoms with E-state index < -0.39 is 18.3 Å². The molecular formula is C7H20O2Si2. The lowest BCUT2D eigenvalue weighted by molar-refractivity contribution is 0.417. The van der Waals surface area contributed by atoms with Gasteiger partial charge in [-0.05, 0) is 19.1 Å². The van der Waals surface area contributed by atoms with Crippen molar-refractivity contribution < 1.29 is 8.91 Å². The highest BCUT2D eigenvalue weighted by Gasteiger charge is 2.09. The normalized spacial score (nSPS) is 13.9. The Hall–Kier alpha value is 0.354. The van der Waals surface area contributed by atoms with Gasteiger partial charge < -0.3 is 8.91 Å². The van der Waals surface area contributed by atoms with Crippen molar-refractivity contribution in [3.8, 4) is 0 Å². The van der Waals surface area contributed by atoms with E-state index in [1.807, 2.05) is 0 Å². The zero-order valence-electron chi connectivity index (χ0n) is 7.84. The molecule has 1 unspecified atom stereocenters. The number of rotatable bonds is 6. The van der Waals surface area contributed by atoms with Crippen LogP contribution in [-0.4, -0.2) is 23.1 Å². The van der Waals surface area contributed by atoms with E-state index in [-0.39, 0.29) is 0 Å². The van der Waals surface area contributed by atoms with E-state index in [1.165, 1.54) is 12.8 Å². The number of hydrogen-bond donors (Lipinski definition) is 1. The molecule has 0 aliphatic rings. The second-order valence-corrected chi connectivity index (χ2v) is 7.81. The molecule has 0 amide bonds. The van der Waals surface area contributed by atoms with Gasteiger partial charge in [-0.25, -0.2) is 0 Å². The second-order valence-electron chi connectivity index (χ2n) is 3.14. The van der Waals surface area contributed by atoms with Crippen molar-refractivity contribution in [3.05, 3.63) is 0 Å². The van der Waals surface area contributed by atoms with E-state index in [0.717, 1.165) is 12.5 Å². The summed E-state index contributed by atoms with van der Waals surface area (Å²) in [7, 11) is -2.70. The Bertz CT molecular complexity index is 88.5. The number of hydrogen-bond acceptors (Lipinski definition) is 2. The van der Waals surface area contributed by atoms with Gasteiger partial charge in [0.05, 0.1) is 0 Å². The first kappa shape index (κ1) is 11.4. The van der Waals surface area contributed by atoms with Crippen LogP contribution in [0.3, 0.4) is 0 Å². The van der Waals surface area contributed by atoms with E-state index >= 15 is 0 Å². The standard InChI is InChI=1S/C7H20O2Si2/c1-4-5-6-7-11(8)9-10(2)3/h8,10-11H,4-7H2,1-3H3. The average molecular weight is 192 g/mol. The van der Waals surface area contributed by atoms with Crippen molar-refractivity contribution in [1.29, 1.82) is 0 Å². The highest BCUT2D eigenvalue weighted by atomic mass is 28.4. The Labute approximate surface area is 73.2 Å². The summed E-state index contributed by atoms with van der Waals surface area (Å²) in [6, 6.07) is 0.943. The molecule has 0 rings (SSSR count). The molecule has 11 heavy (non-hydrogen) atoms. The van der Waals surface area contributed by atoms with Gasteiger partial charge >= 0.3 is 9.28 Å². The maximum Gasteiger partial charge on any atom is 0.308 e. The van der Waals surface area contributed by atoms with Gasteiger partial charge in [0.1, 0.15) is 0 Å². The molecule has 1 atom stereocenters. The van der Waals surface area contributed by atoms with E-state index in [2.05, 4.69) is 20.0 Å². The Morgan fingerprint density at radius 1 is 1.27 bits per heavy atom. The smallest absolute Gasteiger partial charge is 0.308 e. The van der Waals surface area contributed by atoms with Crippen molar-refractivity contribution in [2.24, 2.45) is 0 Å². The first-order valence-corrected chi connectivity index (χ1v) is 9.08. The summed E-state index contributed by atoms with van der Waals surface area (Å²) in [5.74, 6) is 0. The predicted octanol–water partition coefficient (Wildman–Crippen LogP) is 1.39. The molecule has 0 aliphatic carbocycles. The Morgan fingerprint density at radius 3 is 2.36 bits per heavy atom. The molecule has 0 saturated heterocycles. The van der Waals surface area contributed by atoms with Gasteiger partial charge in [-0.3, -0.25) is 0 Å². The van der Waals surface area contributed by atoms with Gasteiger partial charge in [0.25, 0.3) is 0 Å². The van der Waals surface area contributed by atoms with Crippen LogP contribution in [0.5, 0.6) is 0 Å². The second kappa shape index (κ2) is 7.03. The third-order valence-corrected chi connectivity index (χ3v) is 5.82. The fourth-order valence-corrected chi connectivity index (χ4v) is 4.65. The molecule has 0 aromatic carbocycles. The van der Waals surface area contributed by atoms with Crippen molar-refractivity contribution in [2.45, 2.75) is 45.3 Å². The quantitative estimate of drug-likeness (QED) is 0.509. The predicted molar refractivity (Wildman–Crippen MR) is 53.7 cm³/mol. The Morgan fingerprint density at radius 2 is 1.91 bits per heavy atom. The first-order chi connectivity index (χ1) is 5.16. The summed E-state index contributed by atoms with van der Waals surface area (Å²) >= 11 is 0. The SMILES string of the molecule is CCCCC[SiH](O)O[SiH](C)C. The molecule has 0 saturated carbocycles. The third-order valence-electron chi connectivity index (χ3n) is 1.48. The maximum absolute atomic E-state index is 9.40. The topological polar surface area (TPSA) is 29.5 Å². The highest BCUT2D eigenvalue weighted by Crippen LogP contribution is 2.03. The van der Waals surface area contributed by atoms with Gasteiger partial charge in [0, 0.05) is 0 Å². The molecule has 0 aliphatic heterocycles. The molecular weight excluding hydrogens is 172 g/mol. The molecule has 0 radical (unpaired) electrons. The van der Waals surface area contributed by atoms with Gasteiger partial charge in [-0.15, -0.1) is 0 Å². The van der Waals surface area contributed by atoms with Gasteiger partial charge in [-0.1, -0.05) is 26.2 Å². The lowest BCUT2D eigenvalue weighted by atomic mass is 10.3. The van der Waals surface area contributed by atoms with Crippen molar-refractivity contribution >= 4 is 18.3 Å². The van der Waals surface area contributed by atoms with Crippen LogP contribution >= 0.6 is 0 Å². The number of unbranched alkanes of at least 4 members (excludes halogenated alkanes) is 2. The molecule has 4 heteroatoms. The lowest BCUT2D eigenvalue weighted by Gasteiger charge is -2.11. The monoisotopic (exact) mass is 192 g/mol. The Balaban J connectivity index is 3.15. The fraction of sp³-hybridized carbons (Fsp3) is 1.00. The molecule has 68 valence electrons. The molecule has 0 aromatic heterocycles. The summed E-state index contributed by atoms with van der Waals surface area (Å²) in [4.78, 5) is 9.40. The maximum atomic E-state index is 9.40. The molecule has 2 nitrogen and oxygen atoms in total. The summed E-state index contributed by atoms with van der Waals surface area (Å²) in [5.41, 5.74) is 0. The van der Waals surface area contributed by atoms with Crippen LogP contribution in [0.1, 0.15) is 26.2 Å². The van der Waals surface area contributed by atoms with Gasteiger partial charge in [-0.2, -0.15) is 0 Å². The molecule has 0 fully saturated rings. The van der Waals surface area contributed by atoms with Crippen LogP contribution in [0.25, 0.3) is 0 Å². The van der Waals surface area contributed by atoms with E-state index in [0.29, 0.717) is 0 Å². The summed E-state index contributed by atoms with van der Waals surface area (Å²) < 4.78 is 5.43. The largest absolute Gasteiger partial charge is 0.441 e. The van der Waals surface area contributed by atoms with Crippen molar-refractivity contribution in [3.63, 3.8) is 0 Å². The summed E-state index contributed by atoms with van der Waals surface area (Å²) in [6.07, 6.45) is 3.60. The molecule has 0 heterocycles. The summed E-state index contributed by atoms with van der Waals surface area (Å²) in [5, 5.41) is 0.